The molecule has 23 heavy (non-hydrogen) atoms. The summed E-state index contributed by atoms with van der Waals surface area (Å²) in [5.74, 6) is 2.55. The average molecular weight is 390 g/mol. The third-order valence-electron chi connectivity index (χ3n) is 3.46. The summed E-state index contributed by atoms with van der Waals surface area (Å²) >= 11 is 5.13. The van der Waals surface area contributed by atoms with Crippen LogP contribution in [0.1, 0.15) is 5.56 Å². The molecular formula is C17H16BrN3OS. The average Bonchev–Trinajstić information content (AvgIpc) is 2.95. The van der Waals surface area contributed by atoms with Crippen LogP contribution in [-0.4, -0.2) is 21.9 Å². The van der Waals surface area contributed by atoms with Crippen LogP contribution in [0.25, 0.3) is 11.4 Å². The second kappa shape index (κ2) is 7.19. The van der Waals surface area contributed by atoms with Gasteiger partial charge in [0.05, 0.1) is 7.11 Å². The first-order valence-electron chi connectivity index (χ1n) is 7.08. The number of hydrogen-bond acceptors (Lipinski definition) is 4. The standard InChI is InChI=1S/C17H16BrN3OS/c1-21-16(13-5-9-15(22-2)10-6-13)19-20-17(21)23-11-12-3-7-14(18)8-4-12/h3-10H,11H2,1-2H3. The number of nitrogens with zero attached hydrogens (tertiary/aromatic N) is 3. The molecule has 1 heterocycles. The highest BCUT2D eigenvalue weighted by Gasteiger charge is 2.11. The minimum Gasteiger partial charge on any atom is -0.497 e. The Kier molecular flexibility index (Phi) is 5.03. The minimum absolute atomic E-state index is 0.834. The van der Waals surface area contributed by atoms with Gasteiger partial charge in [-0.25, -0.2) is 0 Å². The fourth-order valence-electron chi connectivity index (χ4n) is 2.16. The van der Waals surface area contributed by atoms with Crippen LogP contribution in [0.2, 0.25) is 0 Å². The molecule has 3 aromatic rings. The molecule has 0 aliphatic rings. The van der Waals surface area contributed by atoms with Gasteiger partial charge in [0.2, 0.25) is 0 Å². The van der Waals surface area contributed by atoms with Crippen molar-refractivity contribution in [3.8, 4) is 17.1 Å². The lowest BCUT2D eigenvalue weighted by atomic mass is 10.2. The van der Waals surface area contributed by atoms with Gasteiger partial charge in [0.1, 0.15) is 5.75 Å². The van der Waals surface area contributed by atoms with Crippen LogP contribution in [0.5, 0.6) is 5.75 Å². The quantitative estimate of drug-likeness (QED) is 0.600. The van der Waals surface area contributed by atoms with Crippen LogP contribution >= 0.6 is 27.7 Å². The van der Waals surface area contributed by atoms with Gasteiger partial charge in [-0.15, -0.1) is 10.2 Å². The molecule has 0 amide bonds. The fourth-order valence-corrected chi connectivity index (χ4v) is 3.29. The van der Waals surface area contributed by atoms with Crippen molar-refractivity contribution in [3.63, 3.8) is 0 Å². The maximum atomic E-state index is 5.19. The third kappa shape index (κ3) is 3.76. The fraction of sp³-hybridized carbons (Fsp3) is 0.176. The van der Waals surface area contributed by atoms with Gasteiger partial charge >= 0.3 is 0 Å². The topological polar surface area (TPSA) is 39.9 Å². The minimum atomic E-state index is 0.834. The Hall–Kier alpha value is -1.79. The van der Waals surface area contributed by atoms with Gasteiger partial charge in [-0.2, -0.15) is 0 Å². The molecule has 0 radical (unpaired) electrons. The van der Waals surface area contributed by atoms with E-state index in [0.717, 1.165) is 32.5 Å². The summed E-state index contributed by atoms with van der Waals surface area (Å²) in [6.07, 6.45) is 0. The predicted octanol–water partition coefficient (Wildman–Crippen LogP) is 4.55. The first-order chi connectivity index (χ1) is 11.2. The lowest BCUT2D eigenvalue weighted by Crippen LogP contribution is -1.95. The second-order valence-corrected chi connectivity index (χ2v) is 6.87. The van der Waals surface area contributed by atoms with Gasteiger partial charge in [0.15, 0.2) is 11.0 Å². The summed E-state index contributed by atoms with van der Waals surface area (Å²) in [5, 5.41) is 9.52. The molecular weight excluding hydrogens is 374 g/mol. The van der Waals surface area contributed by atoms with Crippen LogP contribution in [0, 0.1) is 0 Å². The Bertz CT molecular complexity index is 785. The van der Waals surface area contributed by atoms with E-state index in [1.807, 2.05) is 35.9 Å². The highest BCUT2D eigenvalue weighted by Crippen LogP contribution is 2.26. The smallest absolute Gasteiger partial charge is 0.191 e. The van der Waals surface area contributed by atoms with Crippen LogP contribution in [0.15, 0.2) is 58.2 Å². The molecule has 0 aliphatic carbocycles. The van der Waals surface area contributed by atoms with Crippen LogP contribution in [0.4, 0.5) is 0 Å². The van der Waals surface area contributed by atoms with Crippen molar-refractivity contribution < 1.29 is 4.74 Å². The predicted molar refractivity (Wildman–Crippen MR) is 96.7 cm³/mol. The summed E-state index contributed by atoms with van der Waals surface area (Å²) in [6, 6.07) is 16.2. The van der Waals surface area contributed by atoms with Crippen LogP contribution in [0.3, 0.4) is 0 Å². The maximum absolute atomic E-state index is 5.19. The van der Waals surface area contributed by atoms with Gasteiger partial charge in [-0.1, -0.05) is 39.8 Å². The van der Waals surface area contributed by atoms with E-state index in [2.05, 4.69) is 50.4 Å². The number of rotatable bonds is 5. The number of hydrogen-bond donors (Lipinski definition) is 0. The van der Waals surface area contributed by atoms with Crippen molar-refractivity contribution in [2.75, 3.05) is 7.11 Å². The second-order valence-electron chi connectivity index (χ2n) is 5.01. The molecule has 4 nitrogen and oxygen atoms in total. The van der Waals surface area contributed by atoms with Gasteiger partial charge < -0.3 is 9.30 Å². The lowest BCUT2D eigenvalue weighted by molar-refractivity contribution is 0.415. The van der Waals surface area contributed by atoms with Crippen molar-refractivity contribution >= 4 is 27.7 Å². The molecule has 6 heteroatoms. The zero-order valence-corrected chi connectivity index (χ0v) is 15.3. The Morgan fingerprint density at radius 1 is 1.04 bits per heavy atom. The van der Waals surface area contributed by atoms with E-state index in [9.17, 15) is 0 Å². The number of aromatic nitrogens is 3. The summed E-state index contributed by atoms with van der Waals surface area (Å²) in [4.78, 5) is 0. The van der Waals surface area contributed by atoms with Gasteiger partial charge in [-0.3, -0.25) is 0 Å². The number of methoxy groups -OCH3 is 1. The molecule has 0 bridgehead atoms. The van der Waals surface area contributed by atoms with Gasteiger partial charge in [-0.05, 0) is 42.0 Å². The molecule has 0 saturated heterocycles. The largest absolute Gasteiger partial charge is 0.497 e. The van der Waals surface area contributed by atoms with E-state index >= 15 is 0 Å². The van der Waals surface area contributed by atoms with Crippen molar-refractivity contribution in [2.24, 2.45) is 7.05 Å². The normalized spacial score (nSPS) is 10.7. The monoisotopic (exact) mass is 389 g/mol. The molecule has 1 aromatic heterocycles. The zero-order chi connectivity index (χ0) is 16.2. The summed E-state index contributed by atoms with van der Waals surface area (Å²) < 4.78 is 8.29. The number of ether oxygens (including phenoxy) is 1. The number of thioether (sulfide) groups is 1. The van der Waals surface area contributed by atoms with E-state index in [-0.39, 0.29) is 0 Å². The molecule has 0 atom stereocenters. The van der Waals surface area contributed by atoms with E-state index in [1.165, 1.54) is 5.56 Å². The number of benzene rings is 2. The third-order valence-corrected chi connectivity index (χ3v) is 5.08. The van der Waals surface area contributed by atoms with Gasteiger partial charge in [0, 0.05) is 22.8 Å². The molecule has 0 N–H and O–H groups in total. The number of halogens is 1. The molecule has 0 saturated carbocycles. The summed E-state index contributed by atoms with van der Waals surface area (Å²) in [7, 11) is 3.65. The Morgan fingerprint density at radius 3 is 2.39 bits per heavy atom. The Balaban J connectivity index is 1.74. The van der Waals surface area contributed by atoms with E-state index < -0.39 is 0 Å². The SMILES string of the molecule is COc1ccc(-c2nnc(SCc3ccc(Br)cc3)n2C)cc1. The maximum Gasteiger partial charge on any atom is 0.191 e. The van der Waals surface area contributed by atoms with E-state index in [4.69, 9.17) is 4.74 Å². The molecule has 118 valence electrons. The van der Waals surface area contributed by atoms with Crippen molar-refractivity contribution in [3.05, 3.63) is 58.6 Å². The molecule has 2 aromatic carbocycles. The van der Waals surface area contributed by atoms with Crippen LogP contribution in [-0.2, 0) is 12.8 Å². The summed E-state index contributed by atoms with van der Waals surface area (Å²) in [5.41, 5.74) is 2.28. The Morgan fingerprint density at radius 2 is 1.74 bits per heavy atom. The highest BCUT2D eigenvalue weighted by atomic mass is 79.9. The van der Waals surface area contributed by atoms with Crippen molar-refractivity contribution in [2.45, 2.75) is 10.9 Å². The highest BCUT2D eigenvalue weighted by molar-refractivity contribution is 9.10. The van der Waals surface area contributed by atoms with E-state index in [0.29, 0.717) is 0 Å². The van der Waals surface area contributed by atoms with Crippen molar-refractivity contribution in [1.29, 1.82) is 0 Å². The van der Waals surface area contributed by atoms with Gasteiger partial charge in [0.25, 0.3) is 0 Å². The first-order valence-corrected chi connectivity index (χ1v) is 8.86. The molecule has 0 spiro atoms. The first kappa shape index (κ1) is 16.1. The summed E-state index contributed by atoms with van der Waals surface area (Å²) in [6.45, 7) is 0. The Labute approximate surface area is 148 Å². The van der Waals surface area contributed by atoms with Crippen LogP contribution < -0.4 is 4.74 Å². The zero-order valence-electron chi connectivity index (χ0n) is 12.9. The molecule has 3 rings (SSSR count). The van der Waals surface area contributed by atoms with E-state index in [1.54, 1.807) is 18.9 Å². The molecule has 0 aliphatic heterocycles. The van der Waals surface area contributed by atoms with Crippen molar-refractivity contribution in [1.82, 2.24) is 14.8 Å². The molecule has 0 fully saturated rings. The lowest BCUT2D eigenvalue weighted by Gasteiger charge is -2.05. The molecule has 0 unspecified atom stereocenters.